The molecule has 0 unspecified atom stereocenters. The normalized spacial score (nSPS) is 15.6. The van der Waals surface area contributed by atoms with Crippen LogP contribution < -0.4 is 11.2 Å². The SMILES string of the molecule is C[C@@H](c1ccccc1)n1cnc2c1c(=O)n(C1CCCC1)c(=O)n2-c1ccccc1. The maximum absolute atomic E-state index is 13.6. The minimum absolute atomic E-state index is 0.0558. The number of aromatic nitrogens is 4. The highest BCUT2D eigenvalue weighted by Crippen LogP contribution is 2.28. The van der Waals surface area contributed by atoms with E-state index in [9.17, 15) is 9.59 Å². The molecule has 1 atom stereocenters. The fourth-order valence-electron chi connectivity index (χ4n) is 4.60. The molecule has 2 aromatic heterocycles. The lowest BCUT2D eigenvalue weighted by atomic mass is 10.1. The van der Waals surface area contributed by atoms with Gasteiger partial charge in [-0.2, -0.15) is 0 Å². The second-order valence-corrected chi connectivity index (χ2v) is 7.98. The van der Waals surface area contributed by atoms with Crippen molar-refractivity contribution in [1.29, 1.82) is 0 Å². The van der Waals surface area contributed by atoms with Crippen LogP contribution in [0.4, 0.5) is 0 Å². The average Bonchev–Trinajstić information content (AvgIpc) is 3.45. The number of benzene rings is 2. The number of fused-ring (bicyclic) bond motifs is 1. The summed E-state index contributed by atoms with van der Waals surface area (Å²) in [6.07, 6.45) is 5.48. The summed E-state index contributed by atoms with van der Waals surface area (Å²) in [4.78, 5) is 31.7. The van der Waals surface area contributed by atoms with E-state index in [4.69, 9.17) is 0 Å². The maximum atomic E-state index is 13.6. The van der Waals surface area contributed by atoms with Crippen molar-refractivity contribution in [2.75, 3.05) is 0 Å². The third-order valence-electron chi connectivity index (χ3n) is 6.21. The molecular weight excluding hydrogens is 376 g/mol. The predicted octanol–water partition coefficient (Wildman–Crippen LogP) is 4.07. The van der Waals surface area contributed by atoms with Crippen LogP contribution in [0.15, 0.2) is 76.6 Å². The second-order valence-electron chi connectivity index (χ2n) is 7.98. The molecule has 6 nitrogen and oxygen atoms in total. The molecule has 1 fully saturated rings. The average molecular weight is 400 g/mol. The Morgan fingerprint density at radius 3 is 2.23 bits per heavy atom. The van der Waals surface area contributed by atoms with Crippen LogP contribution in [0.3, 0.4) is 0 Å². The van der Waals surface area contributed by atoms with Gasteiger partial charge in [0.25, 0.3) is 5.56 Å². The lowest BCUT2D eigenvalue weighted by molar-refractivity contribution is 0.474. The summed E-state index contributed by atoms with van der Waals surface area (Å²) in [5.74, 6) is 0. The highest BCUT2D eigenvalue weighted by Gasteiger charge is 2.27. The fourth-order valence-corrected chi connectivity index (χ4v) is 4.60. The lowest BCUT2D eigenvalue weighted by Gasteiger charge is -2.19. The molecule has 0 radical (unpaired) electrons. The van der Waals surface area contributed by atoms with Gasteiger partial charge >= 0.3 is 5.69 Å². The highest BCUT2D eigenvalue weighted by atomic mass is 16.2. The molecule has 0 N–H and O–H groups in total. The molecule has 1 aliphatic rings. The van der Waals surface area contributed by atoms with Crippen LogP contribution in [0.2, 0.25) is 0 Å². The topological polar surface area (TPSA) is 61.8 Å². The van der Waals surface area contributed by atoms with Gasteiger partial charge in [-0.3, -0.25) is 9.36 Å². The van der Waals surface area contributed by atoms with Crippen molar-refractivity contribution in [1.82, 2.24) is 18.7 Å². The van der Waals surface area contributed by atoms with Crippen molar-refractivity contribution >= 4 is 11.2 Å². The number of rotatable bonds is 4. The van der Waals surface area contributed by atoms with E-state index in [0.717, 1.165) is 36.9 Å². The van der Waals surface area contributed by atoms with E-state index in [1.165, 1.54) is 4.57 Å². The first kappa shape index (κ1) is 18.6. The minimum Gasteiger partial charge on any atom is -0.317 e. The Bertz CT molecular complexity index is 1300. The third-order valence-corrected chi connectivity index (χ3v) is 6.21. The predicted molar refractivity (Wildman–Crippen MR) is 117 cm³/mol. The van der Waals surface area contributed by atoms with Gasteiger partial charge < -0.3 is 4.57 Å². The van der Waals surface area contributed by atoms with Gasteiger partial charge in [0.1, 0.15) is 0 Å². The van der Waals surface area contributed by atoms with Crippen molar-refractivity contribution < 1.29 is 0 Å². The zero-order valence-electron chi connectivity index (χ0n) is 16.9. The largest absolute Gasteiger partial charge is 0.337 e. The summed E-state index contributed by atoms with van der Waals surface area (Å²) < 4.78 is 4.96. The number of para-hydroxylation sites is 1. The van der Waals surface area contributed by atoms with Gasteiger partial charge in [-0.15, -0.1) is 0 Å². The number of hydrogen-bond acceptors (Lipinski definition) is 3. The summed E-state index contributed by atoms with van der Waals surface area (Å²) in [5, 5.41) is 0. The summed E-state index contributed by atoms with van der Waals surface area (Å²) in [5.41, 5.74) is 2.14. The first-order valence-corrected chi connectivity index (χ1v) is 10.5. The summed E-state index contributed by atoms with van der Waals surface area (Å²) in [6.45, 7) is 2.05. The molecule has 0 spiro atoms. The molecule has 2 heterocycles. The molecule has 5 rings (SSSR count). The van der Waals surface area contributed by atoms with Gasteiger partial charge in [0, 0.05) is 6.04 Å². The van der Waals surface area contributed by atoms with Gasteiger partial charge in [-0.05, 0) is 37.5 Å². The van der Waals surface area contributed by atoms with E-state index in [-0.39, 0.29) is 23.3 Å². The molecule has 0 amide bonds. The zero-order chi connectivity index (χ0) is 20.7. The van der Waals surface area contributed by atoms with Crippen molar-refractivity contribution in [2.45, 2.75) is 44.7 Å². The maximum Gasteiger partial charge on any atom is 0.337 e. The lowest BCUT2D eigenvalue weighted by Crippen LogP contribution is -2.42. The van der Waals surface area contributed by atoms with Gasteiger partial charge in [0.05, 0.1) is 18.1 Å². The Kier molecular flexibility index (Phi) is 4.62. The van der Waals surface area contributed by atoms with Crippen molar-refractivity contribution in [3.8, 4) is 5.69 Å². The Morgan fingerprint density at radius 2 is 1.57 bits per heavy atom. The number of imidazole rings is 1. The molecule has 0 saturated heterocycles. The minimum atomic E-state index is -0.303. The molecule has 0 bridgehead atoms. The standard InChI is InChI=1S/C24H24N4O2/c1-17(18-10-4-2-5-11-18)26-16-25-22-21(26)23(29)28(20-14-8-9-15-20)24(30)27(22)19-12-6-3-7-13-19/h2-7,10-13,16-17,20H,8-9,14-15H2,1H3/t17-/m0/s1. The molecule has 1 aliphatic carbocycles. The van der Waals surface area contributed by atoms with Crippen molar-refractivity contribution in [2.24, 2.45) is 0 Å². The highest BCUT2D eigenvalue weighted by molar-refractivity contribution is 5.73. The van der Waals surface area contributed by atoms with Crippen LogP contribution in [-0.4, -0.2) is 18.7 Å². The van der Waals surface area contributed by atoms with E-state index in [2.05, 4.69) is 4.98 Å². The van der Waals surface area contributed by atoms with Crippen molar-refractivity contribution in [3.05, 3.63) is 93.4 Å². The first-order valence-electron chi connectivity index (χ1n) is 10.5. The van der Waals surface area contributed by atoms with E-state index in [0.29, 0.717) is 11.2 Å². The van der Waals surface area contributed by atoms with Crippen LogP contribution in [0.1, 0.15) is 50.3 Å². The van der Waals surface area contributed by atoms with Crippen LogP contribution in [-0.2, 0) is 0 Å². The molecule has 152 valence electrons. The third kappa shape index (κ3) is 2.91. The molecule has 4 aromatic rings. The van der Waals surface area contributed by atoms with E-state index < -0.39 is 0 Å². The van der Waals surface area contributed by atoms with Crippen LogP contribution >= 0.6 is 0 Å². The Morgan fingerprint density at radius 1 is 0.933 bits per heavy atom. The van der Waals surface area contributed by atoms with Crippen LogP contribution in [0.5, 0.6) is 0 Å². The van der Waals surface area contributed by atoms with E-state index >= 15 is 0 Å². The van der Waals surface area contributed by atoms with E-state index in [1.54, 1.807) is 10.9 Å². The van der Waals surface area contributed by atoms with Gasteiger partial charge in [-0.1, -0.05) is 61.4 Å². The van der Waals surface area contributed by atoms with E-state index in [1.807, 2.05) is 72.2 Å². The Balaban J connectivity index is 1.83. The molecule has 0 aliphatic heterocycles. The first-order chi connectivity index (χ1) is 14.7. The van der Waals surface area contributed by atoms with Gasteiger partial charge in [-0.25, -0.2) is 14.3 Å². The van der Waals surface area contributed by atoms with Gasteiger partial charge in [0.15, 0.2) is 11.2 Å². The zero-order valence-corrected chi connectivity index (χ0v) is 16.9. The smallest absolute Gasteiger partial charge is 0.317 e. The molecular formula is C24H24N4O2. The monoisotopic (exact) mass is 400 g/mol. The molecule has 1 saturated carbocycles. The number of nitrogens with zero attached hydrogens (tertiary/aromatic N) is 4. The fraction of sp³-hybridized carbons (Fsp3) is 0.292. The number of hydrogen-bond donors (Lipinski definition) is 0. The molecule has 30 heavy (non-hydrogen) atoms. The molecule has 2 aromatic carbocycles. The second kappa shape index (κ2) is 7.44. The van der Waals surface area contributed by atoms with Crippen LogP contribution in [0.25, 0.3) is 16.9 Å². The molecule has 6 heteroatoms. The Labute approximate surface area is 174 Å². The summed E-state index contributed by atoms with van der Waals surface area (Å²) >= 11 is 0. The summed E-state index contributed by atoms with van der Waals surface area (Å²) in [7, 11) is 0. The Hall–Kier alpha value is -3.41. The van der Waals surface area contributed by atoms with Crippen molar-refractivity contribution in [3.63, 3.8) is 0 Å². The summed E-state index contributed by atoms with van der Waals surface area (Å²) in [6, 6.07) is 19.3. The quantitative estimate of drug-likeness (QED) is 0.519. The van der Waals surface area contributed by atoms with Gasteiger partial charge in [0.2, 0.25) is 0 Å². The van der Waals surface area contributed by atoms with Crippen LogP contribution in [0, 0.1) is 0 Å².